The van der Waals surface area contributed by atoms with E-state index in [1.54, 1.807) is 30.3 Å². The Kier molecular flexibility index (Phi) is 5.18. The van der Waals surface area contributed by atoms with Crippen molar-refractivity contribution in [3.63, 3.8) is 0 Å². The fourth-order valence-corrected chi connectivity index (χ4v) is 1.82. The molecule has 0 bridgehead atoms. The number of furan rings is 1. The van der Waals surface area contributed by atoms with Crippen LogP contribution >= 0.6 is 11.6 Å². The van der Waals surface area contributed by atoms with Crippen LogP contribution in [0, 0.1) is 11.3 Å². The summed E-state index contributed by atoms with van der Waals surface area (Å²) in [6, 6.07) is 12.3. The van der Waals surface area contributed by atoms with Crippen LogP contribution in [0.4, 0.5) is 0 Å². The summed E-state index contributed by atoms with van der Waals surface area (Å²) in [5, 5.41) is 9.64. The van der Waals surface area contributed by atoms with Crippen molar-refractivity contribution in [1.29, 1.82) is 5.26 Å². The molecule has 0 aliphatic carbocycles. The van der Waals surface area contributed by atoms with Crippen molar-refractivity contribution >= 4 is 23.6 Å². The molecule has 2 rings (SSSR count). The first-order valence-corrected chi connectivity index (χ1v) is 6.77. The topological polar surface area (TPSA) is 63.2 Å². The monoisotopic (exact) mass is 313 g/mol. The van der Waals surface area contributed by atoms with E-state index in [1.807, 2.05) is 12.1 Å². The Hall–Kier alpha value is -2.77. The van der Waals surface area contributed by atoms with Gasteiger partial charge >= 0.3 is 5.97 Å². The Bertz CT molecular complexity index is 751. The van der Waals surface area contributed by atoms with Gasteiger partial charge in [-0.2, -0.15) is 5.26 Å². The molecule has 0 unspecified atom stereocenters. The summed E-state index contributed by atoms with van der Waals surface area (Å²) >= 11 is 5.83. The number of hydrogen-bond donors (Lipinski definition) is 0. The minimum Gasteiger partial charge on any atom is -0.457 e. The lowest BCUT2D eigenvalue weighted by Gasteiger charge is -1.99. The summed E-state index contributed by atoms with van der Waals surface area (Å²) in [6.45, 7) is 3.49. The normalized spacial score (nSPS) is 10.8. The summed E-state index contributed by atoms with van der Waals surface area (Å²) in [7, 11) is 0. The Balaban J connectivity index is 2.21. The van der Waals surface area contributed by atoms with Crippen LogP contribution in [0.2, 0.25) is 5.02 Å². The molecule has 5 heteroatoms. The highest BCUT2D eigenvalue weighted by Crippen LogP contribution is 2.24. The summed E-state index contributed by atoms with van der Waals surface area (Å²) in [4.78, 5) is 11.6. The van der Waals surface area contributed by atoms with Crippen molar-refractivity contribution in [3.05, 3.63) is 65.4 Å². The molecule has 0 saturated heterocycles. The van der Waals surface area contributed by atoms with Gasteiger partial charge in [0.2, 0.25) is 0 Å². The number of ether oxygens (including phenoxy) is 1. The van der Waals surface area contributed by atoms with E-state index in [1.165, 1.54) is 12.2 Å². The van der Waals surface area contributed by atoms with Gasteiger partial charge in [0.05, 0.1) is 0 Å². The van der Waals surface area contributed by atoms with E-state index < -0.39 is 5.97 Å². The highest BCUT2D eigenvalue weighted by molar-refractivity contribution is 6.30. The Morgan fingerprint density at radius 3 is 2.68 bits per heavy atom. The predicted molar refractivity (Wildman–Crippen MR) is 83.9 cm³/mol. The number of hydrogen-bond acceptors (Lipinski definition) is 4. The number of halogens is 1. The molecule has 0 N–H and O–H groups in total. The maximum atomic E-state index is 11.6. The third-order valence-electron chi connectivity index (χ3n) is 2.71. The fourth-order valence-electron chi connectivity index (χ4n) is 1.69. The molecular weight excluding hydrogens is 302 g/mol. The lowest BCUT2D eigenvalue weighted by Crippen LogP contribution is -2.06. The molecule has 1 heterocycles. The van der Waals surface area contributed by atoms with Crippen LogP contribution < -0.4 is 0 Å². The van der Waals surface area contributed by atoms with E-state index in [0.717, 1.165) is 5.56 Å². The lowest BCUT2D eigenvalue weighted by molar-refractivity contribution is -0.137. The highest BCUT2D eigenvalue weighted by atomic mass is 35.5. The van der Waals surface area contributed by atoms with Gasteiger partial charge in [-0.05, 0) is 36.4 Å². The number of benzene rings is 1. The van der Waals surface area contributed by atoms with Crippen LogP contribution in [0.15, 0.2) is 59.0 Å². The van der Waals surface area contributed by atoms with Crippen LogP contribution in [0.3, 0.4) is 0 Å². The highest BCUT2D eigenvalue weighted by Gasteiger charge is 2.12. The van der Waals surface area contributed by atoms with Crippen LogP contribution in [0.1, 0.15) is 5.76 Å². The van der Waals surface area contributed by atoms with Gasteiger partial charge in [0.25, 0.3) is 0 Å². The summed E-state index contributed by atoms with van der Waals surface area (Å²) in [5.41, 5.74) is 0.704. The van der Waals surface area contributed by atoms with Crippen molar-refractivity contribution < 1.29 is 13.9 Å². The van der Waals surface area contributed by atoms with Crippen LogP contribution in [0.25, 0.3) is 17.4 Å². The van der Waals surface area contributed by atoms with Gasteiger partial charge in [-0.3, -0.25) is 0 Å². The molecule has 0 fully saturated rings. The maximum Gasteiger partial charge on any atom is 0.349 e. The molecule has 0 aliphatic heterocycles. The van der Waals surface area contributed by atoms with E-state index in [4.69, 9.17) is 26.0 Å². The Labute approximate surface area is 132 Å². The number of esters is 1. The first-order chi connectivity index (χ1) is 10.6. The molecule has 0 spiro atoms. The molecule has 4 nitrogen and oxygen atoms in total. The van der Waals surface area contributed by atoms with Crippen molar-refractivity contribution in [2.45, 2.75) is 0 Å². The number of carbonyl (C=O) groups excluding carboxylic acids is 1. The zero-order valence-electron chi connectivity index (χ0n) is 11.6. The second-order valence-electron chi connectivity index (χ2n) is 4.27. The van der Waals surface area contributed by atoms with Crippen LogP contribution in [0.5, 0.6) is 0 Å². The molecule has 2 aromatic rings. The molecule has 1 aromatic heterocycles. The molecule has 22 heavy (non-hydrogen) atoms. The molecule has 110 valence electrons. The van der Waals surface area contributed by atoms with Gasteiger partial charge in [0.15, 0.2) is 0 Å². The van der Waals surface area contributed by atoms with Crippen molar-refractivity contribution in [2.24, 2.45) is 0 Å². The molecule has 1 aromatic carbocycles. The third-order valence-corrected chi connectivity index (χ3v) is 2.97. The second-order valence-corrected chi connectivity index (χ2v) is 4.70. The first-order valence-electron chi connectivity index (χ1n) is 6.39. The van der Waals surface area contributed by atoms with Gasteiger partial charge in [0, 0.05) is 16.7 Å². The first kappa shape index (κ1) is 15.6. The Morgan fingerprint density at radius 1 is 1.32 bits per heavy atom. The molecule has 0 radical (unpaired) electrons. The summed E-state index contributed by atoms with van der Waals surface area (Å²) < 4.78 is 10.4. The van der Waals surface area contributed by atoms with Crippen molar-refractivity contribution in [1.82, 2.24) is 0 Å². The van der Waals surface area contributed by atoms with Crippen molar-refractivity contribution in [2.75, 3.05) is 6.61 Å². The smallest absolute Gasteiger partial charge is 0.349 e. The van der Waals surface area contributed by atoms with Crippen LogP contribution in [-0.2, 0) is 9.53 Å². The van der Waals surface area contributed by atoms with E-state index in [9.17, 15) is 4.79 Å². The van der Waals surface area contributed by atoms with Gasteiger partial charge in [-0.1, -0.05) is 24.3 Å². The number of carbonyl (C=O) groups is 1. The standard InChI is InChI=1S/C17H12ClNO3/c1-2-9-21-17(20)13(11-19)10-15-7-8-16(22-15)12-3-5-14(18)6-4-12/h2-8,10H,1,9H2/b13-10+. The van der Waals surface area contributed by atoms with E-state index in [-0.39, 0.29) is 12.2 Å². The molecular formula is C17H12ClNO3. The molecule has 0 saturated carbocycles. The van der Waals surface area contributed by atoms with Gasteiger partial charge in [0.1, 0.15) is 29.8 Å². The summed E-state index contributed by atoms with van der Waals surface area (Å²) in [5.74, 6) is 0.281. The third kappa shape index (κ3) is 3.87. The number of nitriles is 1. The maximum absolute atomic E-state index is 11.6. The lowest BCUT2D eigenvalue weighted by atomic mass is 10.2. The van der Waals surface area contributed by atoms with E-state index in [2.05, 4.69) is 6.58 Å². The quantitative estimate of drug-likeness (QED) is 0.358. The minimum atomic E-state index is -0.716. The molecule has 0 atom stereocenters. The molecule has 0 amide bonds. The average molecular weight is 314 g/mol. The number of rotatable bonds is 5. The zero-order valence-corrected chi connectivity index (χ0v) is 12.3. The fraction of sp³-hybridized carbons (Fsp3) is 0.0588. The van der Waals surface area contributed by atoms with Gasteiger partial charge in [-0.15, -0.1) is 0 Å². The zero-order chi connectivity index (χ0) is 15.9. The second kappa shape index (κ2) is 7.30. The predicted octanol–water partition coefficient (Wildman–Crippen LogP) is 4.24. The van der Waals surface area contributed by atoms with Crippen LogP contribution in [-0.4, -0.2) is 12.6 Å². The Morgan fingerprint density at radius 2 is 2.05 bits per heavy atom. The SMILES string of the molecule is C=CCOC(=O)/C(C#N)=C/c1ccc(-c2ccc(Cl)cc2)o1. The molecule has 0 aliphatic rings. The largest absolute Gasteiger partial charge is 0.457 e. The van der Waals surface area contributed by atoms with Gasteiger partial charge in [-0.25, -0.2) is 4.79 Å². The summed E-state index contributed by atoms with van der Waals surface area (Å²) in [6.07, 6.45) is 2.77. The number of nitrogens with zero attached hydrogens (tertiary/aromatic N) is 1. The average Bonchev–Trinajstić information content (AvgIpc) is 2.99. The van der Waals surface area contributed by atoms with Crippen molar-refractivity contribution in [3.8, 4) is 17.4 Å². The van der Waals surface area contributed by atoms with E-state index >= 15 is 0 Å². The van der Waals surface area contributed by atoms with Gasteiger partial charge < -0.3 is 9.15 Å². The minimum absolute atomic E-state index is 0.0477. The van der Waals surface area contributed by atoms with E-state index in [0.29, 0.717) is 16.5 Å².